The Morgan fingerprint density at radius 3 is 2.53 bits per heavy atom. The highest BCUT2D eigenvalue weighted by atomic mass is 32.2. The topological polar surface area (TPSA) is 80.5 Å². The van der Waals surface area contributed by atoms with E-state index in [0.717, 1.165) is 12.8 Å². The molecule has 0 heterocycles. The Hall–Kier alpha value is -0.620. The number of nitrogens with zero attached hydrogens (tertiary/aromatic N) is 1. The van der Waals surface area contributed by atoms with Gasteiger partial charge in [0.2, 0.25) is 5.91 Å². The van der Waals surface area contributed by atoms with Crippen molar-refractivity contribution < 1.29 is 13.2 Å². The van der Waals surface area contributed by atoms with Gasteiger partial charge in [0.15, 0.2) is 9.84 Å². The minimum atomic E-state index is -3.10. The summed E-state index contributed by atoms with van der Waals surface area (Å²) >= 11 is 0. The summed E-state index contributed by atoms with van der Waals surface area (Å²) in [7, 11) is -1.44. The zero-order chi connectivity index (χ0) is 13.2. The van der Waals surface area contributed by atoms with Gasteiger partial charge in [0.1, 0.15) is 0 Å². The molecule has 1 saturated carbocycles. The summed E-state index contributed by atoms with van der Waals surface area (Å²) in [5.74, 6) is -0.159. The molecule has 5 nitrogen and oxygen atoms in total. The molecule has 1 aliphatic rings. The van der Waals surface area contributed by atoms with Gasteiger partial charge in [-0.1, -0.05) is 6.92 Å². The second-order valence-corrected chi connectivity index (χ2v) is 7.09. The molecule has 2 N–H and O–H groups in total. The van der Waals surface area contributed by atoms with E-state index in [0.29, 0.717) is 12.8 Å². The molecule has 1 aliphatic carbocycles. The lowest BCUT2D eigenvalue weighted by atomic mass is 10.1. The summed E-state index contributed by atoms with van der Waals surface area (Å²) in [5.41, 5.74) is 5.70. The van der Waals surface area contributed by atoms with Crippen LogP contribution in [0.4, 0.5) is 0 Å². The van der Waals surface area contributed by atoms with Gasteiger partial charge in [-0.15, -0.1) is 0 Å². The first kappa shape index (κ1) is 14.4. The number of nitrogens with two attached hydrogens (primary N) is 1. The van der Waals surface area contributed by atoms with Crippen molar-refractivity contribution in [3.05, 3.63) is 0 Å². The number of carbonyl (C=O) groups is 1. The van der Waals surface area contributed by atoms with E-state index in [1.165, 1.54) is 11.2 Å². The Kier molecular flexibility index (Phi) is 4.55. The molecule has 0 aromatic heterocycles. The number of amides is 1. The fourth-order valence-electron chi connectivity index (χ4n) is 2.45. The molecule has 17 heavy (non-hydrogen) atoms. The van der Waals surface area contributed by atoms with Crippen LogP contribution in [0.15, 0.2) is 0 Å². The minimum absolute atomic E-state index is 0.159. The second kappa shape index (κ2) is 5.35. The smallest absolute Gasteiger partial charge is 0.239 e. The second-order valence-electron chi connectivity index (χ2n) is 4.83. The summed E-state index contributed by atoms with van der Waals surface area (Å²) in [6.45, 7) is 1.85. The van der Waals surface area contributed by atoms with Gasteiger partial charge in [-0.25, -0.2) is 8.42 Å². The van der Waals surface area contributed by atoms with Crippen molar-refractivity contribution in [1.82, 2.24) is 4.90 Å². The van der Waals surface area contributed by atoms with Crippen LogP contribution in [-0.2, 0) is 14.6 Å². The molecule has 1 fully saturated rings. The maximum atomic E-state index is 11.9. The molecule has 3 atom stereocenters. The molecular formula is C11H22N2O3S. The summed E-state index contributed by atoms with van der Waals surface area (Å²) in [6.07, 6.45) is 4.05. The van der Waals surface area contributed by atoms with Crippen molar-refractivity contribution in [1.29, 1.82) is 0 Å². The molecule has 0 spiro atoms. The van der Waals surface area contributed by atoms with Crippen LogP contribution >= 0.6 is 0 Å². The van der Waals surface area contributed by atoms with Crippen LogP contribution in [0.25, 0.3) is 0 Å². The molecule has 1 rings (SSSR count). The zero-order valence-corrected chi connectivity index (χ0v) is 11.5. The maximum Gasteiger partial charge on any atom is 0.239 e. The van der Waals surface area contributed by atoms with E-state index >= 15 is 0 Å². The number of hydrogen-bond donors (Lipinski definition) is 1. The van der Waals surface area contributed by atoms with Crippen LogP contribution in [-0.4, -0.2) is 49.9 Å². The van der Waals surface area contributed by atoms with Crippen LogP contribution in [0.3, 0.4) is 0 Å². The molecule has 0 unspecified atom stereocenters. The fraction of sp³-hybridized carbons (Fsp3) is 0.909. The molecule has 0 aliphatic heterocycles. The van der Waals surface area contributed by atoms with Gasteiger partial charge in [-0.2, -0.15) is 0 Å². The number of likely N-dealkylation sites (N-methyl/N-ethyl adjacent to an activating group) is 1. The first-order valence-electron chi connectivity index (χ1n) is 6.00. The van der Waals surface area contributed by atoms with Crippen LogP contribution in [0, 0.1) is 0 Å². The lowest BCUT2D eigenvalue weighted by Crippen LogP contribution is -2.50. The van der Waals surface area contributed by atoms with Gasteiger partial charge < -0.3 is 10.6 Å². The standard InChI is InChI=1S/C11H22N2O3S/c1-4-8(12)11(14)13(2)9-6-5-7-10(9)17(3,15)16/h8-10H,4-7,12H2,1-3H3/t8-,9-,10+/m0/s1. The Balaban J connectivity index is 2.82. The van der Waals surface area contributed by atoms with Gasteiger partial charge in [0.25, 0.3) is 0 Å². The van der Waals surface area contributed by atoms with Crippen LogP contribution in [0.5, 0.6) is 0 Å². The highest BCUT2D eigenvalue weighted by molar-refractivity contribution is 7.91. The highest BCUT2D eigenvalue weighted by Crippen LogP contribution is 2.28. The van der Waals surface area contributed by atoms with Crippen molar-refractivity contribution in [3.8, 4) is 0 Å². The Morgan fingerprint density at radius 2 is 2.06 bits per heavy atom. The molecular weight excluding hydrogens is 240 g/mol. The predicted molar refractivity (Wildman–Crippen MR) is 67.3 cm³/mol. The molecule has 0 aromatic rings. The first-order chi connectivity index (χ1) is 7.79. The van der Waals surface area contributed by atoms with Gasteiger partial charge in [-0.3, -0.25) is 4.79 Å². The number of sulfone groups is 1. The molecule has 0 radical (unpaired) electrons. The SMILES string of the molecule is CC[C@H](N)C(=O)N(C)[C@H]1CCC[C@H]1S(C)(=O)=O. The Morgan fingerprint density at radius 1 is 1.47 bits per heavy atom. The Bertz CT molecular complexity index is 380. The molecule has 6 heteroatoms. The molecule has 0 aromatic carbocycles. The summed E-state index contributed by atoms with van der Waals surface area (Å²) in [6, 6.07) is -0.740. The number of rotatable bonds is 4. The number of carbonyl (C=O) groups excluding carboxylic acids is 1. The average Bonchev–Trinajstić information content (AvgIpc) is 2.74. The maximum absolute atomic E-state index is 11.9. The summed E-state index contributed by atoms with van der Waals surface area (Å²) in [4.78, 5) is 13.5. The monoisotopic (exact) mass is 262 g/mol. The summed E-state index contributed by atoms with van der Waals surface area (Å²) in [5, 5.41) is -0.430. The van der Waals surface area contributed by atoms with E-state index < -0.39 is 21.1 Å². The van der Waals surface area contributed by atoms with Crippen LogP contribution in [0.2, 0.25) is 0 Å². The Labute approximate surface area is 103 Å². The van der Waals surface area contributed by atoms with Gasteiger partial charge >= 0.3 is 0 Å². The van der Waals surface area contributed by atoms with E-state index in [9.17, 15) is 13.2 Å². The van der Waals surface area contributed by atoms with E-state index in [2.05, 4.69) is 0 Å². The fourth-order valence-corrected chi connectivity index (χ4v) is 3.93. The van der Waals surface area contributed by atoms with E-state index in [1.807, 2.05) is 6.92 Å². The van der Waals surface area contributed by atoms with Crippen LogP contribution in [0.1, 0.15) is 32.6 Å². The van der Waals surface area contributed by atoms with Gasteiger partial charge in [0.05, 0.1) is 11.3 Å². The quantitative estimate of drug-likeness (QED) is 0.782. The third kappa shape index (κ3) is 3.19. The van der Waals surface area contributed by atoms with Crippen molar-refractivity contribution in [3.63, 3.8) is 0 Å². The van der Waals surface area contributed by atoms with Crippen molar-refractivity contribution in [2.24, 2.45) is 5.73 Å². The molecule has 0 saturated heterocycles. The number of hydrogen-bond acceptors (Lipinski definition) is 4. The lowest BCUT2D eigenvalue weighted by molar-refractivity contribution is -0.133. The molecule has 1 amide bonds. The third-order valence-corrected chi connectivity index (χ3v) is 5.22. The van der Waals surface area contributed by atoms with Crippen molar-refractivity contribution in [2.75, 3.05) is 13.3 Å². The van der Waals surface area contributed by atoms with Crippen molar-refractivity contribution in [2.45, 2.75) is 49.9 Å². The predicted octanol–water partition coefficient (Wildman–Crippen LogP) is 0.148. The first-order valence-corrected chi connectivity index (χ1v) is 7.95. The highest BCUT2D eigenvalue weighted by Gasteiger charge is 2.39. The normalized spacial score (nSPS) is 26.8. The largest absolute Gasteiger partial charge is 0.340 e. The summed E-state index contributed by atoms with van der Waals surface area (Å²) < 4.78 is 23.3. The zero-order valence-electron chi connectivity index (χ0n) is 10.7. The van der Waals surface area contributed by atoms with E-state index in [4.69, 9.17) is 5.73 Å². The van der Waals surface area contributed by atoms with Crippen molar-refractivity contribution >= 4 is 15.7 Å². The van der Waals surface area contributed by atoms with E-state index in [-0.39, 0.29) is 11.9 Å². The molecule has 100 valence electrons. The van der Waals surface area contributed by atoms with Gasteiger partial charge in [-0.05, 0) is 25.7 Å². The molecule has 0 bridgehead atoms. The third-order valence-electron chi connectivity index (χ3n) is 3.57. The van der Waals surface area contributed by atoms with E-state index in [1.54, 1.807) is 7.05 Å². The lowest BCUT2D eigenvalue weighted by Gasteiger charge is -2.30. The average molecular weight is 262 g/mol. The minimum Gasteiger partial charge on any atom is -0.340 e. The van der Waals surface area contributed by atoms with Gasteiger partial charge in [0, 0.05) is 19.3 Å². The van der Waals surface area contributed by atoms with Crippen LogP contribution < -0.4 is 5.73 Å².